The van der Waals surface area contributed by atoms with E-state index in [-0.39, 0.29) is 5.91 Å². The number of hydroxylamine groups is 1. The van der Waals surface area contributed by atoms with Crippen LogP contribution < -0.4 is 10.8 Å². The van der Waals surface area contributed by atoms with Gasteiger partial charge < -0.3 is 10.2 Å². The van der Waals surface area contributed by atoms with Crippen molar-refractivity contribution in [2.75, 3.05) is 11.9 Å². The summed E-state index contributed by atoms with van der Waals surface area (Å²) in [5.41, 5.74) is 4.63. The van der Waals surface area contributed by atoms with E-state index >= 15 is 0 Å². The predicted molar refractivity (Wildman–Crippen MR) is 59.2 cm³/mol. The fourth-order valence-corrected chi connectivity index (χ4v) is 1.22. The van der Waals surface area contributed by atoms with E-state index in [1.807, 2.05) is 31.2 Å². The van der Waals surface area contributed by atoms with E-state index in [1.54, 1.807) is 0 Å². The first-order chi connectivity index (χ1) is 7.24. The summed E-state index contributed by atoms with van der Waals surface area (Å²) in [4.78, 5) is 16.0. The van der Waals surface area contributed by atoms with E-state index in [2.05, 4.69) is 10.8 Å². The second-order valence-corrected chi connectivity index (χ2v) is 3.09. The second kappa shape index (κ2) is 6.16. The SMILES string of the molecule is CCONCc1ccccc1NC(C)=O. The van der Waals surface area contributed by atoms with E-state index < -0.39 is 0 Å². The molecule has 2 N–H and O–H groups in total. The Morgan fingerprint density at radius 1 is 1.40 bits per heavy atom. The Morgan fingerprint density at radius 3 is 2.80 bits per heavy atom. The van der Waals surface area contributed by atoms with Crippen LogP contribution in [0.4, 0.5) is 5.69 Å². The number of benzene rings is 1. The number of para-hydroxylation sites is 1. The summed E-state index contributed by atoms with van der Waals surface area (Å²) in [5.74, 6) is -0.0705. The van der Waals surface area contributed by atoms with Gasteiger partial charge in [-0.1, -0.05) is 18.2 Å². The normalized spacial score (nSPS) is 10.0. The fourth-order valence-electron chi connectivity index (χ4n) is 1.22. The van der Waals surface area contributed by atoms with Gasteiger partial charge in [0.05, 0.1) is 6.61 Å². The Hall–Kier alpha value is -1.39. The zero-order valence-corrected chi connectivity index (χ0v) is 9.04. The van der Waals surface area contributed by atoms with Crippen LogP contribution in [0, 0.1) is 0 Å². The molecule has 0 fully saturated rings. The molecule has 0 saturated carbocycles. The topological polar surface area (TPSA) is 50.4 Å². The summed E-state index contributed by atoms with van der Waals surface area (Å²) < 4.78 is 0. The van der Waals surface area contributed by atoms with Gasteiger partial charge in [0, 0.05) is 19.2 Å². The van der Waals surface area contributed by atoms with Crippen molar-refractivity contribution in [3.8, 4) is 0 Å². The van der Waals surface area contributed by atoms with Gasteiger partial charge in [-0.2, -0.15) is 5.48 Å². The largest absolute Gasteiger partial charge is 0.326 e. The van der Waals surface area contributed by atoms with Crippen molar-refractivity contribution >= 4 is 11.6 Å². The van der Waals surface area contributed by atoms with E-state index in [4.69, 9.17) is 4.84 Å². The maximum Gasteiger partial charge on any atom is 0.221 e. The monoisotopic (exact) mass is 208 g/mol. The number of rotatable bonds is 5. The number of anilines is 1. The summed E-state index contributed by atoms with van der Waals surface area (Å²) in [7, 11) is 0. The minimum Gasteiger partial charge on any atom is -0.326 e. The second-order valence-electron chi connectivity index (χ2n) is 3.09. The van der Waals surface area contributed by atoms with E-state index in [0.29, 0.717) is 13.2 Å². The molecule has 82 valence electrons. The van der Waals surface area contributed by atoms with Gasteiger partial charge in [0.25, 0.3) is 0 Å². The molecule has 0 spiro atoms. The molecule has 1 aromatic rings. The van der Waals surface area contributed by atoms with Crippen LogP contribution in [-0.4, -0.2) is 12.5 Å². The Kier molecular flexibility index (Phi) is 4.80. The standard InChI is InChI=1S/C11H16N2O2/c1-3-15-12-8-10-6-4-5-7-11(10)13-9(2)14/h4-7,12H,3,8H2,1-2H3,(H,13,14). The molecule has 0 heterocycles. The summed E-state index contributed by atoms with van der Waals surface area (Å²) in [6, 6.07) is 7.62. The molecule has 15 heavy (non-hydrogen) atoms. The maximum atomic E-state index is 10.9. The first-order valence-electron chi connectivity index (χ1n) is 4.94. The van der Waals surface area contributed by atoms with Crippen molar-refractivity contribution < 1.29 is 9.63 Å². The average Bonchev–Trinajstić information content (AvgIpc) is 2.20. The van der Waals surface area contributed by atoms with Crippen LogP contribution in [0.15, 0.2) is 24.3 Å². The Balaban J connectivity index is 2.64. The molecule has 0 atom stereocenters. The number of hydrogen-bond acceptors (Lipinski definition) is 3. The van der Waals surface area contributed by atoms with E-state index in [1.165, 1.54) is 6.92 Å². The van der Waals surface area contributed by atoms with E-state index in [0.717, 1.165) is 11.3 Å². The zero-order valence-electron chi connectivity index (χ0n) is 9.04. The van der Waals surface area contributed by atoms with Crippen LogP contribution in [0.5, 0.6) is 0 Å². The Morgan fingerprint density at radius 2 is 2.13 bits per heavy atom. The minimum absolute atomic E-state index is 0.0705. The average molecular weight is 208 g/mol. The van der Waals surface area contributed by atoms with Crippen molar-refractivity contribution in [2.24, 2.45) is 0 Å². The first-order valence-corrected chi connectivity index (χ1v) is 4.94. The highest BCUT2D eigenvalue weighted by Crippen LogP contribution is 2.14. The van der Waals surface area contributed by atoms with Crippen molar-refractivity contribution in [3.05, 3.63) is 29.8 Å². The molecule has 0 unspecified atom stereocenters. The third kappa shape index (κ3) is 4.10. The van der Waals surface area contributed by atoms with Gasteiger partial charge in [0.2, 0.25) is 5.91 Å². The molecule has 4 nitrogen and oxygen atoms in total. The molecule has 0 bridgehead atoms. The molecular formula is C11H16N2O2. The van der Waals surface area contributed by atoms with Crippen LogP contribution in [0.1, 0.15) is 19.4 Å². The third-order valence-electron chi connectivity index (χ3n) is 1.84. The van der Waals surface area contributed by atoms with Crippen LogP contribution >= 0.6 is 0 Å². The molecule has 0 aliphatic carbocycles. The summed E-state index contributed by atoms with van der Waals surface area (Å²) >= 11 is 0. The van der Waals surface area contributed by atoms with E-state index in [9.17, 15) is 4.79 Å². The first kappa shape index (κ1) is 11.7. The molecule has 0 radical (unpaired) electrons. The smallest absolute Gasteiger partial charge is 0.221 e. The Bertz CT molecular complexity index is 326. The lowest BCUT2D eigenvalue weighted by atomic mass is 10.2. The van der Waals surface area contributed by atoms with Crippen LogP contribution in [0.25, 0.3) is 0 Å². The number of carbonyl (C=O) groups is 1. The quantitative estimate of drug-likeness (QED) is 0.572. The predicted octanol–water partition coefficient (Wildman–Crippen LogP) is 1.69. The number of carbonyl (C=O) groups excluding carboxylic acids is 1. The van der Waals surface area contributed by atoms with Crippen molar-refractivity contribution in [1.82, 2.24) is 5.48 Å². The highest BCUT2D eigenvalue weighted by atomic mass is 16.6. The lowest BCUT2D eigenvalue weighted by Gasteiger charge is -2.10. The van der Waals surface area contributed by atoms with Gasteiger partial charge in [-0.3, -0.25) is 4.79 Å². The lowest BCUT2D eigenvalue weighted by molar-refractivity contribution is -0.114. The summed E-state index contributed by atoms with van der Waals surface area (Å²) in [5, 5.41) is 2.77. The number of amides is 1. The molecule has 4 heteroatoms. The minimum atomic E-state index is -0.0705. The van der Waals surface area contributed by atoms with Crippen LogP contribution in [0.2, 0.25) is 0 Å². The molecule has 0 aromatic heterocycles. The molecular weight excluding hydrogens is 192 g/mol. The highest BCUT2D eigenvalue weighted by Gasteiger charge is 2.02. The zero-order chi connectivity index (χ0) is 11.1. The molecule has 1 aromatic carbocycles. The van der Waals surface area contributed by atoms with Gasteiger partial charge in [-0.15, -0.1) is 0 Å². The van der Waals surface area contributed by atoms with Crippen molar-refractivity contribution in [1.29, 1.82) is 0 Å². The summed E-state index contributed by atoms with van der Waals surface area (Å²) in [6.45, 7) is 4.59. The van der Waals surface area contributed by atoms with Gasteiger partial charge in [-0.25, -0.2) is 0 Å². The summed E-state index contributed by atoms with van der Waals surface area (Å²) in [6.07, 6.45) is 0. The third-order valence-corrected chi connectivity index (χ3v) is 1.84. The van der Waals surface area contributed by atoms with Gasteiger partial charge in [-0.05, 0) is 18.6 Å². The maximum absolute atomic E-state index is 10.9. The van der Waals surface area contributed by atoms with Crippen molar-refractivity contribution in [2.45, 2.75) is 20.4 Å². The lowest BCUT2D eigenvalue weighted by Crippen LogP contribution is -2.16. The van der Waals surface area contributed by atoms with Crippen LogP contribution in [0.3, 0.4) is 0 Å². The molecule has 0 aliphatic rings. The highest BCUT2D eigenvalue weighted by molar-refractivity contribution is 5.89. The molecule has 0 saturated heterocycles. The molecule has 0 aliphatic heterocycles. The van der Waals surface area contributed by atoms with Gasteiger partial charge in [0.15, 0.2) is 0 Å². The van der Waals surface area contributed by atoms with Gasteiger partial charge in [0.1, 0.15) is 0 Å². The van der Waals surface area contributed by atoms with Crippen molar-refractivity contribution in [3.63, 3.8) is 0 Å². The Labute approximate surface area is 89.6 Å². The number of hydrogen-bond donors (Lipinski definition) is 2. The molecule has 1 amide bonds. The number of nitrogens with one attached hydrogen (secondary N) is 2. The van der Waals surface area contributed by atoms with Crippen LogP contribution in [-0.2, 0) is 16.2 Å². The van der Waals surface area contributed by atoms with Gasteiger partial charge >= 0.3 is 0 Å². The fraction of sp³-hybridized carbons (Fsp3) is 0.364. The molecule has 1 rings (SSSR count).